The van der Waals surface area contributed by atoms with E-state index < -0.39 is 11.0 Å². The molecule has 3 aromatic rings. The Kier molecular flexibility index (Phi) is 6.41. The van der Waals surface area contributed by atoms with Gasteiger partial charge in [-0.3, -0.25) is 19.7 Å². The highest BCUT2D eigenvalue weighted by Gasteiger charge is 2.42. The number of para-hydroxylation sites is 2. The van der Waals surface area contributed by atoms with Crippen LogP contribution in [0.15, 0.2) is 84.1 Å². The monoisotopic (exact) mass is 536 g/mol. The number of carbonyl (C=O) groups excluding carboxylic acids is 2. The van der Waals surface area contributed by atoms with E-state index in [1.807, 2.05) is 46.2 Å². The second-order valence-corrected chi connectivity index (χ2v) is 11.7. The smallest absolute Gasteiger partial charge is 0.269 e. The molecule has 0 bridgehead atoms. The number of carbonyl (C=O) groups is 2. The summed E-state index contributed by atoms with van der Waals surface area (Å²) < 4.78 is 0. The lowest BCUT2D eigenvalue weighted by atomic mass is 9.73. The van der Waals surface area contributed by atoms with Gasteiger partial charge in [0.2, 0.25) is 5.91 Å². The van der Waals surface area contributed by atoms with Gasteiger partial charge >= 0.3 is 0 Å². The number of ketones is 1. The second-order valence-electron chi connectivity index (χ2n) is 11.7. The van der Waals surface area contributed by atoms with Crippen molar-refractivity contribution in [3.8, 4) is 0 Å². The van der Waals surface area contributed by atoms with Gasteiger partial charge in [-0.1, -0.05) is 50.2 Å². The summed E-state index contributed by atoms with van der Waals surface area (Å²) in [5.74, 6) is 0.00288. The number of non-ortho nitro benzene ring substituents is 1. The molecule has 0 saturated heterocycles. The first-order valence-electron chi connectivity index (χ1n) is 13.7. The fourth-order valence-corrected chi connectivity index (χ4v) is 6.31. The maximum atomic E-state index is 13.9. The van der Waals surface area contributed by atoms with Gasteiger partial charge in [0.1, 0.15) is 0 Å². The van der Waals surface area contributed by atoms with Crippen LogP contribution in [0.2, 0.25) is 0 Å². The average molecular weight is 537 g/mol. The number of hydrogen-bond acceptors (Lipinski definition) is 6. The number of allylic oxidation sites excluding steroid dienone is 1. The summed E-state index contributed by atoms with van der Waals surface area (Å²) in [6.07, 6.45) is 1.86. The number of benzene rings is 3. The molecule has 0 saturated carbocycles. The molecule has 8 heteroatoms. The highest BCUT2D eigenvalue weighted by molar-refractivity contribution is 6.02. The van der Waals surface area contributed by atoms with E-state index in [9.17, 15) is 19.7 Å². The number of nitro benzene ring substituents is 1. The quantitative estimate of drug-likeness (QED) is 0.335. The highest BCUT2D eigenvalue weighted by atomic mass is 16.6. The van der Waals surface area contributed by atoms with E-state index in [0.717, 1.165) is 34.6 Å². The summed E-state index contributed by atoms with van der Waals surface area (Å²) >= 11 is 0. The van der Waals surface area contributed by atoms with Gasteiger partial charge in [-0.05, 0) is 59.2 Å². The number of hydrogen-bond donors (Lipinski definition) is 1. The van der Waals surface area contributed by atoms with E-state index in [1.54, 1.807) is 12.1 Å². The molecule has 0 aromatic heterocycles. The summed E-state index contributed by atoms with van der Waals surface area (Å²) in [7, 11) is 0. The molecule has 6 rings (SSSR count). The van der Waals surface area contributed by atoms with Crippen LogP contribution >= 0.6 is 0 Å². The third kappa shape index (κ3) is 4.74. The summed E-state index contributed by atoms with van der Waals surface area (Å²) in [6, 6.07) is 21.8. The predicted octanol–water partition coefficient (Wildman–Crippen LogP) is 5.80. The summed E-state index contributed by atoms with van der Waals surface area (Å²) in [4.78, 5) is 42.7. The fourth-order valence-electron chi connectivity index (χ4n) is 6.31. The molecular weight excluding hydrogens is 504 g/mol. The van der Waals surface area contributed by atoms with Crippen LogP contribution in [0.25, 0.3) is 0 Å². The van der Waals surface area contributed by atoms with Crippen molar-refractivity contribution < 1.29 is 14.5 Å². The lowest BCUT2D eigenvalue weighted by molar-refractivity contribution is -0.384. The number of Topliss-reactive ketones (excluding diaryl/α,β-unsaturated/α-hetero) is 1. The Hall–Kier alpha value is -4.46. The van der Waals surface area contributed by atoms with Crippen molar-refractivity contribution in [3.63, 3.8) is 0 Å². The van der Waals surface area contributed by atoms with Gasteiger partial charge in [-0.25, -0.2) is 0 Å². The van der Waals surface area contributed by atoms with Crippen LogP contribution in [-0.2, 0) is 22.6 Å². The van der Waals surface area contributed by atoms with Crippen LogP contribution in [0, 0.1) is 15.5 Å². The van der Waals surface area contributed by atoms with Crippen LogP contribution in [0.1, 0.15) is 49.4 Å². The Morgan fingerprint density at radius 2 is 1.70 bits per heavy atom. The molecule has 1 N–H and O–H groups in total. The molecule has 204 valence electrons. The molecule has 3 aromatic carbocycles. The third-order valence-corrected chi connectivity index (χ3v) is 8.21. The molecule has 8 nitrogen and oxygen atoms in total. The van der Waals surface area contributed by atoms with E-state index in [4.69, 9.17) is 0 Å². The topological polar surface area (TPSA) is 95.8 Å². The van der Waals surface area contributed by atoms with E-state index in [0.29, 0.717) is 31.5 Å². The zero-order valence-electron chi connectivity index (χ0n) is 22.7. The number of rotatable bonds is 4. The van der Waals surface area contributed by atoms with Crippen LogP contribution < -0.4 is 10.2 Å². The second kappa shape index (κ2) is 9.93. The van der Waals surface area contributed by atoms with Gasteiger partial charge in [-0.15, -0.1) is 0 Å². The number of nitro groups is 1. The summed E-state index contributed by atoms with van der Waals surface area (Å²) in [5.41, 5.74) is 6.05. The first-order valence-corrected chi connectivity index (χ1v) is 13.7. The Bertz CT molecular complexity index is 1540. The van der Waals surface area contributed by atoms with Crippen molar-refractivity contribution in [2.24, 2.45) is 5.41 Å². The van der Waals surface area contributed by atoms with Gasteiger partial charge in [0.25, 0.3) is 5.69 Å². The van der Waals surface area contributed by atoms with Crippen molar-refractivity contribution in [1.29, 1.82) is 0 Å². The van der Waals surface area contributed by atoms with Crippen LogP contribution in [0.4, 0.5) is 17.1 Å². The van der Waals surface area contributed by atoms with E-state index in [1.165, 1.54) is 17.7 Å². The van der Waals surface area contributed by atoms with Crippen LogP contribution in [0.3, 0.4) is 0 Å². The highest BCUT2D eigenvalue weighted by Crippen LogP contribution is 2.48. The minimum absolute atomic E-state index is 0.0178. The average Bonchev–Trinajstić information content (AvgIpc) is 3.06. The molecule has 1 amide bonds. The predicted molar refractivity (Wildman–Crippen MR) is 154 cm³/mol. The van der Waals surface area contributed by atoms with Crippen LogP contribution in [-0.4, -0.2) is 34.6 Å². The molecule has 0 radical (unpaired) electrons. The Morgan fingerprint density at radius 3 is 2.45 bits per heavy atom. The van der Waals surface area contributed by atoms with E-state index in [2.05, 4.69) is 31.3 Å². The molecule has 1 atom stereocenters. The SMILES string of the molecule is CC1(C)CC(=O)C2=C(C1)Nc1ccccc1N(CC(=O)N1CCc3ccccc3C1)C2c1ccc([N+](=O)[O-])cc1. The molecule has 2 aliphatic heterocycles. The van der Waals surface area contributed by atoms with Crippen molar-refractivity contribution in [3.05, 3.63) is 111 Å². The molecule has 0 spiro atoms. The fraction of sp³-hybridized carbons (Fsp3) is 0.312. The standard InChI is InChI=1S/C32H32N4O4/c1-32(2)17-26-30(28(37)18-32)31(22-11-13-24(14-12-22)36(39)40)35(27-10-6-5-9-25(27)33-26)20-29(38)34-16-15-21-7-3-4-8-23(21)19-34/h3-14,31,33H,15-20H2,1-2H3. The van der Waals surface area contributed by atoms with Crippen molar-refractivity contribution in [2.45, 2.75) is 45.7 Å². The molecule has 3 aliphatic rings. The van der Waals surface area contributed by atoms with E-state index >= 15 is 0 Å². The molecule has 1 unspecified atom stereocenters. The maximum absolute atomic E-state index is 13.9. The lowest BCUT2D eigenvalue weighted by Crippen LogP contribution is -2.45. The van der Waals surface area contributed by atoms with Crippen molar-refractivity contribution in [1.82, 2.24) is 4.90 Å². The number of nitrogens with zero attached hydrogens (tertiary/aromatic N) is 3. The molecule has 0 fully saturated rings. The van der Waals surface area contributed by atoms with Gasteiger partial charge in [0, 0.05) is 42.9 Å². The minimum atomic E-state index is -0.573. The number of anilines is 2. The zero-order valence-corrected chi connectivity index (χ0v) is 22.7. The molecular formula is C32H32N4O4. The van der Waals surface area contributed by atoms with Crippen LogP contribution in [0.5, 0.6) is 0 Å². The largest absolute Gasteiger partial charge is 0.357 e. The van der Waals surface area contributed by atoms with Crippen molar-refractivity contribution in [2.75, 3.05) is 23.3 Å². The van der Waals surface area contributed by atoms with Gasteiger partial charge in [0.05, 0.1) is 28.9 Å². The summed E-state index contributed by atoms with van der Waals surface area (Å²) in [6.45, 7) is 5.42. The lowest BCUT2D eigenvalue weighted by Gasteiger charge is -2.39. The molecule has 1 aliphatic carbocycles. The molecule has 40 heavy (non-hydrogen) atoms. The van der Waals surface area contributed by atoms with Crippen molar-refractivity contribution >= 4 is 28.8 Å². The minimum Gasteiger partial charge on any atom is -0.357 e. The van der Waals surface area contributed by atoms with Gasteiger partial charge in [-0.2, -0.15) is 0 Å². The number of fused-ring (bicyclic) bond motifs is 2. The first kappa shape index (κ1) is 25.8. The first-order chi connectivity index (χ1) is 19.2. The maximum Gasteiger partial charge on any atom is 0.269 e. The van der Waals surface area contributed by atoms with E-state index in [-0.39, 0.29) is 29.3 Å². The normalized spacial score (nSPS) is 19.6. The third-order valence-electron chi connectivity index (χ3n) is 8.21. The Morgan fingerprint density at radius 1 is 1.00 bits per heavy atom. The Balaban J connectivity index is 1.45. The van der Waals surface area contributed by atoms with Gasteiger partial charge < -0.3 is 15.1 Å². The Labute approximate surface area is 233 Å². The summed E-state index contributed by atoms with van der Waals surface area (Å²) in [5, 5.41) is 15.0. The van der Waals surface area contributed by atoms with Gasteiger partial charge in [0.15, 0.2) is 5.78 Å². The number of amides is 1. The number of nitrogens with one attached hydrogen (secondary N) is 1. The molecule has 2 heterocycles. The zero-order chi connectivity index (χ0) is 28.0.